The third-order valence-electron chi connectivity index (χ3n) is 2.58. The van der Waals surface area contributed by atoms with Gasteiger partial charge in [0.15, 0.2) is 0 Å². The number of hydrogen-bond acceptors (Lipinski definition) is 2. The molecular weight excluding hydrogens is 136 g/mol. The Hall–Kier alpha value is -0.660. The predicted molar refractivity (Wildman–Crippen MR) is 48.2 cm³/mol. The number of likely N-dealkylation sites (N-methyl/N-ethyl adjacent to an activating group) is 2. The van der Waals surface area contributed by atoms with Gasteiger partial charge in [0.1, 0.15) is 0 Å². The van der Waals surface area contributed by atoms with Crippen molar-refractivity contribution in [2.45, 2.75) is 19.9 Å². The fourth-order valence-corrected chi connectivity index (χ4v) is 1.63. The van der Waals surface area contributed by atoms with Gasteiger partial charge in [-0.2, -0.15) is 0 Å². The lowest BCUT2D eigenvalue weighted by Gasteiger charge is -2.23. The summed E-state index contributed by atoms with van der Waals surface area (Å²) in [7, 11) is 4.22. The van der Waals surface area contributed by atoms with Gasteiger partial charge in [-0.1, -0.05) is 20.4 Å². The average Bonchev–Trinajstić information content (AvgIpc) is 2.17. The number of hydrogen-bond donors (Lipinski definition) is 0. The maximum atomic E-state index is 4.00. The van der Waals surface area contributed by atoms with Gasteiger partial charge in [0.2, 0.25) is 0 Å². The molecule has 0 aromatic carbocycles. The Morgan fingerprint density at radius 3 is 2.18 bits per heavy atom. The minimum atomic E-state index is 0.646. The van der Waals surface area contributed by atoms with E-state index in [1.807, 2.05) is 0 Å². The molecular formula is C9H18N2. The van der Waals surface area contributed by atoms with Gasteiger partial charge in [-0.25, -0.2) is 0 Å². The van der Waals surface area contributed by atoms with E-state index in [4.69, 9.17) is 0 Å². The summed E-state index contributed by atoms with van der Waals surface area (Å²) in [5.41, 5.74) is 0. The van der Waals surface area contributed by atoms with Gasteiger partial charge < -0.3 is 9.80 Å². The summed E-state index contributed by atoms with van der Waals surface area (Å²) in [5.74, 6) is 1.85. The van der Waals surface area contributed by atoms with E-state index in [1.54, 1.807) is 0 Å². The second-order valence-electron chi connectivity index (χ2n) is 3.72. The van der Waals surface area contributed by atoms with E-state index in [2.05, 4.69) is 44.3 Å². The quantitative estimate of drug-likeness (QED) is 0.562. The Morgan fingerprint density at radius 2 is 2.00 bits per heavy atom. The molecule has 0 aromatic rings. The summed E-state index contributed by atoms with van der Waals surface area (Å²) >= 11 is 0. The first-order chi connectivity index (χ1) is 5.04. The van der Waals surface area contributed by atoms with Gasteiger partial charge >= 0.3 is 0 Å². The molecule has 1 saturated heterocycles. The molecule has 2 nitrogen and oxygen atoms in total. The smallest absolute Gasteiger partial charge is 0.0963 e. The van der Waals surface area contributed by atoms with Crippen molar-refractivity contribution in [3.63, 3.8) is 0 Å². The Labute approximate surface area is 69.5 Å². The second-order valence-corrected chi connectivity index (χ2v) is 3.72. The fraction of sp³-hybridized carbons (Fsp3) is 0.778. The lowest BCUT2D eigenvalue weighted by molar-refractivity contribution is 0.292. The molecule has 0 saturated carbocycles. The Kier molecular flexibility index (Phi) is 2.12. The molecule has 0 aliphatic carbocycles. The minimum Gasteiger partial charge on any atom is -0.360 e. The molecule has 0 N–H and O–H groups in total. The molecule has 1 aliphatic rings. The first kappa shape index (κ1) is 8.44. The normalized spacial score (nSPS) is 25.5. The van der Waals surface area contributed by atoms with Crippen molar-refractivity contribution in [1.82, 2.24) is 9.80 Å². The van der Waals surface area contributed by atoms with Crippen LogP contribution in [0.5, 0.6) is 0 Å². The lowest BCUT2D eigenvalue weighted by atomic mass is 10.1. The van der Waals surface area contributed by atoms with Crippen LogP contribution in [0, 0.1) is 5.92 Å². The van der Waals surface area contributed by atoms with Crippen molar-refractivity contribution in [3.05, 3.63) is 12.4 Å². The van der Waals surface area contributed by atoms with Gasteiger partial charge in [0.25, 0.3) is 0 Å². The summed E-state index contributed by atoms with van der Waals surface area (Å²) < 4.78 is 0. The largest absolute Gasteiger partial charge is 0.360 e. The van der Waals surface area contributed by atoms with Crippen LogP contribution in [0.3, 0.4) is 0 Å². The van der Waals surface area contributed by atoms with Gasteiger partial charge in [-0.3, -0.25) is 0 Å². The molecule has 1 fully saturated rings. The van der Waals surface area contributed by atoms with Crippen molar-refractivity contribution in [1.29, 1.82) is 0 Å². The Bertz CT molecular complexity index is 163. The van der Waals surface area contributed by atoms with E-state index in [0.29, 0.717) is 12.0 Å². The van der Waals surface area contributed by atoms with Crippen LogP contribution in [-0.2, 0) is 0 Å². The monoisotopic (exact) mass is 154 g/mol. The van der Waals surface area contributed by atoms with E-state index < -0.39 is 0 Å². The molecule has 1 aliphatic heterocycles. The van der Waals surface area contributed by atoms with Crippen LogP contribution >= 0.6 is 0 Å². The second kappa shape index (κ2) is 2.76. The average molecular weight is 154 g/mol. The van der Waals surface area contributed by atoms with Crippen molar-refractivity contribution in [2.75, 3.05) is 20.6 Å². The van der Waals surface area contributed by atoms with Crippen LogP contribution in [0.1, 0.15) is 13.8 Å². The van der Waals surface area contributed by atoms with Crippen LogP contribution < -0.4 is 0 Å². The Morgan fingerprint density at radius 1 is 1.45 bits per heavy atom. The van der Waals surface area contributed by atoms with Crippen LogP contribution in [0.25, 0.3) is 0 Å². The zero-order valence-electron chi connectivity index (χ0n) is 7.96. The minimum absolute atomic E-state index is 0.646. The molecule has 0 aromatic heterocycles. The molecule has 0 spiro atoms. The maximum Gasteiger partial charge on any atom is 0.0963 e. The van der Waals surface area contributed by atoms with E-state index in [0.717, 1.165) is 12.4 Å². The molecule has 11 heavy (non-hydrogen) atoms. The van der Waals surface area contributed by atoms with Gasteiger partial charge in [0, 0.05) is 26.7 Å². The zero-order chi connectivity index (χ0) is 8.59. The summed E-state index contributed by atoms with van der Waals surface area (Å²) in [6.07, 6.45) is 0. The van der Waals surface area contributed by atoms with Crippen molar-refractivity contribution < 1.29 is 0 Å². The predicted octanol–water partition coefficient (Wildman–Crippen LogP) is 1.36. The van der Waals surface area contributed by atoms with Gasteiger partial charge in [-0.05, 0) is 5.92 Å². The third kappa shape index (κ3) is 1.35. The first-order valence-corrected chi connectivity index (χ1v) is 4.17. The van der Waals surface area contributed by atoms with Gasteiger partial charge in [-0.15, -0.1) is 0 Å². The van der Waals surface area contributed by atoms with Crippen molar-refractivity contribution in [3.8, 4) is 0 Å². The highest BCUT2D eigenvalue weighted by Gasteiger charge is 2.29. The molecule has 1 unspecified atom stereocenters. The van der Waals surface area contributed by atoms with Crippen molar-refractivity contribution in [2.24, 2.45) is 5.92 Å². The molecule has 64 valence electrons. The van der Waals surface area contributed by atoms with E-state index in [-0.39, 0.29) is 0 Å². The summed E-state index contributed by atoms with van der Waals surface area (Å²) in [4.78, 5) is 4.48. The molecule has 0 radical (unpaired) electrons. The van der Waals surface area contributed by atoms with E-state index in [9.17, 15) is 0 Å². The molecule has 0 bridgehead atoms. The summed E-state index contributed by atoms with van der Waals surface area (Å²) in [6.45, 7) is 9.63. The van der Waals surface area contributed by atoms with E-state index in [1.165, 1.54) is 0 Å². The highest BCUT2D eigenvalue weighted by molar-refractivity contribution is 5.02. The fourth-order valence-electron chi connectivity index (χ4n) is 1.63. The van der Waals surface area contributed by atoms with Crippen LogP contribution in [0.2, 0.25) is 0 Å². The summed E-state index contributed by atoms with van der Waals surface area (Å²) in [6, 6.07) is 0.646. The molecule has 2 heteroatoms. The SMILES string of the molecule is C=C1N(C)CC(C(C)C)N1C. The maximum absolute atomic E-state index is 4.00. The van der Waals surface area contributed by atoms with Crippen LogP contribution in [-0.4, -0.2) is 36.5 Å². The highest BCUT2D eigenvalue weighted by Crippen LogP contribution is 2.23. The molecule has 1 rings (SSSR count). The van der Waals surface area contributed by atoms with Crippen LogP contribution in [0.15, 0.2) is 12.4 Å². The first-order valence-electron chi connectivity index (χ1n) is 4.17. The zero-order valence-corrected chi connectivity index (χ0v) is 7.96. The standard InChI is InChI=1S/C9H18N2/c1-7(2)9-6-10(4)8(3)11(9)5/h7,9H,3,6H2,1-2,4-5H3. The van der Waals surface area contributed by atoms with Crippen molar-refractivity contribution >= 4 is 0 Å². The van der Waals surface area contributed by atoms with Crippen LogP contribution in [0.4, 0.5) is 0 Å². The summed E-state index contributed by atoms with van der Waals surface area (Å²) in [5, 5.41) is 0. The molecule has 1 atom stereocenters. The number of rotatable bonds is 1. The third-order valence-corrected chi connectivity index (χ3v) is 2.58. The topological polar surface area (TPSA) is 6.48 Å². The Balaban J connectivity index is 2.67. The highest BCUT2D eigenvalue weighted by atomic mass is 15.4. The molecule has 0 amide bonds. The van der Waals surface area contributed by atoms with Gasteiger partial charge in [0.05, 0.1) is 5.82 Å². The van der Waals surface area contributed by atoms with E-state index >= 15 is 0 Å². The lowest BCUT2D eigenvalue weighted by Crippen LogP contribution is -2.30. The number of nitrogens with zero attached hydrogens (tertiary/aromatic N) is 2. The molecule has 1 heterocycles.